The molecule has 0 saturated carbocycles. The third-order valence-electron chi connectivity index (χ3n) is 3.54. The maximum absolute atomic E-state index is 10.6. The number of rotatable bonds is 4. The molecule has 2 atom stereocenters. The molecule has 4 nitrogen and oxygen atoms in total. The molecule has 2 heterocycles. The van der Waals surface area contributed by atoms with Gasteiger partial charge in [0.05, 0.1) is 29.5 Å². The zero-order valence-electron chi connectivity index (χ0n) is 12.9. The largest absolute Gasteiger partial charge is 0.390 e. The van der Waals surface area contributed by atoms with E-state index in [0.717, 1.165) is 23.9 Å². The van der Waals surface area contributed by atoms with Gasteiger partial charge >= 0.3 is 0 Å². The van der Waals surface area contributed by atoms with Crippen LogP contribution in [0.5, 0.6) is 0 Å². The lowest BCUT2D eigenvalue weighted by Crippen LogP contribution is -2.46. The van der Waals surface area contributed by atoms with Crippen molar-refractivity contribution in [1.82, 2.24) is 10.3 Å². The molecule has 2 unspecified atom stereocenters. The highest BCUT2D eigenvalue weighted by atomic mass is 32.1. The lowest BCUT2D eigenvalue weighted by Gasteiger charge is -2.31. The fourth-order valence-electron chi connectivity index (χ4n) is 2.42. The zero-order valence-corrected chi connectivity index (χ0v) is 13.7. The Labute approximate surface area is 125 Å². The summed E-state index contributed by atoms with van der Waals surface area (Å²) < 4.78 is 5.44. The number of thiazole rings is 1. The highest BCUT2D eigenvalue weighted by Gasteiger charge is 2.29. The average Bonchev–Trinajstić information content (AvgIpc) is 2.77. The van der Waals surface area contributed by atoms with Crippen molar-refractivity contribution >= 4 is 11.3 Å². The van der Waals surface area contributed by atoms with Gasteiger partial charge in [-0.3, -0.25) is 0 Å². The molecule has 0 amide bonds. The quantitative estimate of drug-likeness (QED) is 0.894. The van der Waals surface area contributed by atoms with Crippen LogP contribution in [0.2, 0.25) is 0 Å². The van der Waals surface area contributed by atoms with Gasteiger partial charge in [-0.05, 0) is 13.3 Å². The lowest BCUT2D eigenvalue weighted by atomic mass is 9.92. The molecule has 1 aromatic heterocycles. The fourth-order valence-corrected chi connectivity index (χ4v) is 3.62. The SMILES string of the molecule is CC(O)(Cc1nc(C(C)(C)C)cs1)CC1COCCN1. The summed E-state index contributed by atoms with van der Waals surface area (Å²) in [5.74, 6) is 0. The van der Waals surface area contributed by atoms with Crippen molar-refractivity contribution in [3.05, 3.63) is 16.1 Å². The van der Waals surface area contributed by atoms with Gasteiger partial charge in [-0.15, -0.1) is 11.3 Å². The van der Waals surface area contributed by atoms with Gasteiger partial charge in [0, 0.05) is 29.8 Å². The summed E-state index contributed by atoms with van der Waals surface area (Å²) in [5, 5.41) is 17.1. The van der Waals surface area contributed by atoms with Crippen molar-refractivity contribution in [1.29, 1.82) is 0 Å². The number of nitrogens with zero attached hydrogens (tertiary/aromatic N) is 1. The van der Waals surface area contributed by atoms with Crippen molar-refractivity contribution in [2.24, 2.45) is 0 Å². The number of aromatic nitrogens is 1. The third-order valence-corrected chi connectivity index (χ3v) is 4.39. The molecule has 2 N–H and O–H groups in total. The number of ether oxygens (including phenoxy) is 1. The second-order valence-electron chi connectivity index (χ2n) is 6.98. The Kier molecular flexibility index (Phi) is 4.84. The van der Waals surface area contributed by atoms with Gasteiger partial charge in [0.15, 0.2) is 0 Å². The van der Waals surface area contributed by atoms with E-state index in [1.807, 2.05) is 6.92 Å². The minimum Gasteiger partial charge on any atom is -0.390 e. The van der Waals surface area contributed by atoms with E-state index in [2.05, 4.69) is 36.5 Å². The Bertz CT molecular complexity index is 431. The van der Waals surface area contributed by atoms with Gasteiger partial charge in [-0.25, -0.2) is 4.98 Å². The summed E-state index contributed by atoms with van der Waals surface area (Å²) in [7, 11) is 0. The molecule has 2 rings (SSSR count). The predicted octanol–water partition coefficient (Wildman–Crippen LogP) is 2.11. The van der Waals surface area contributed by atoms with Gasteiger partial charge in [0.2, 0.25) is 0 Å². The molecule has 0 bridgehead atoms. The minimum atomic E-state index is -0.745. The number of nitrogens with one attached hydrogen (secondary N) is 1. The van der Waals surface area contributed by atoms with Crippen molar-refractivity contribution in [3.63, 3.8) is 0 Å². The molecule has 1 aliphatic rings. The standard InChI is InChI=1S/C15H26N2O2S/c1-14(2,3)12-10-20-13(17-12)8-15(4,18)7-11-9-19-6-5-16-11/h10-11,16,18H,5-9H2,1-4H3. The van der Waals surface area contributed by atoms with Gasteiger partial charge in [-0.2, -0.15) is 0 Å². The molecule has 0 spiro atoms. The first kappa shape index (κ1) is 15.9. The van der Waals surface area contributed by atoms with Crippen LogP contribution in [0, 0.1) is 0 Å². The normalized spacial score (nSPS) is 23.6. The average molecular weight is 298 g/mol. The van der Waals surface area contributed by atoms with E-state index < -0.39 is 5.60 Å². The summed E-state index contributed by atoms with van der Waals surface area (Å²) in [6.45, 7) is 10.7. The second kappa shape index (κ2) is 6.10. The lowest BCUT2D eigenvalue weighted by molar-refractivity contribution is 0.00645. The Balaban J connectivity index is 1.95. The first-order valence-corrected chi connectivity index (χ1v) is 8.13. The molecule has 1 aromatic rings. The molecular weight excluding hydrogens is 272 g/mol. The summed E-state index contributed by atoms with van der Waals surface area (Å²) >= 11 is 1.64. The molecule has 0 radical (unpaired) electrons. The summed E-state index contributed by atoms with van der Waals surface area (Å²) in [6.07, 6.45) is 1.29. The van der Waals surface area contributed by atoms with Crippen LogP contribution in [-0.2, 0) is 16.6 Å². The molecular formula is C15H26N2O2S. The molecule has 1 saturated heterocycles. The van der Waals surface area contributed by atoms with Crippen LogP contribution < -0.4 is 5.32 Å². The van der Waals surface area contributed by atoms with E-state index in [4.69, 9.17) is 4.74 Å². The Hall–Kier alpha value is -0.490. The molecule has 1 fully saturated rings. The van der Waals surface area contributed by atoms with Crippen molar-refractivity contribution in [3.8, 4) is 0 Å². The Morgan fingerprint density at radius 2 is 2.20 bits per heavy atom. The minimum absolute atomic E-state index is 0.0688. The van der Waals surface area contributed by atoms with Gasteiger partial charge in [0.1, 0.15) is 0 Å². The number of aliphatic hydroxyl groups is 1. The first-order chi connectivity index (χ1) is 9.26. The van der Waals surface area contributed by atoms with Crippen LogP contribution in [0.1, 0.15) is 44.8 Å². The molecule has 0 aromatic carbocycles. The molecule has 5 heteroatoms. The highest BCUT2D eigenvalue weighted by molar-refractivity contribution is 7.09. The van der Waals surface area contributed by atoms with Crippen LogP contribution in [0.4, 0.5) is 0 Å². The van der Waals surface area contributed by atoms with Crippen molar-refractivity contribution in [2.75, 3.05) is 19.8 Å². The van der Waals surface area contributed by atoms with Crippen LogP contribution in [0.25, 0.3) is 0 Å². The maximum Gasteiger partial charge on any atom is 0.0957 e. The molecule has 20 heavy (non-hydrogen) atoms. The number of hydrogen-bond donors (Lipinski definition) is 2. The zero-order chi connectivity index (χ0) is 14.8. The monoisotopic (exact) mass is 298 g/mol. The number of hydrogen-bond acceptors (Lipinski definition) is 5. The van der Waals surface area contributed by atoms with Crippen LogP contribution >= 0.6 is 11.3 Å². The fraction of sp³-hybridized carbons (Fsp3) is 0.800. The summed E-state index contributed by atoms with van der Waals surface area (Å²) in [6, 6.07) is 0.237. The van der Waals surface area contributed by atoms with E-state index in [9.17, 15) is 5.11 Å². The van der Waals surface area contributed by atoms with Crippen molar-refractivity contribution < 1.29 is 9.84 Å². The molecule has 0 aliphatic carbocycles. The van der Waals surface area contributed by atoms with Crippen LogP contribution in [0.3, 0.4) is 0 Å². The van der Waals surface area contributed by atoms with Crippen LogP contribution in [-0.4, -0.2) is 41.5 Å². The Morgan fingerprint density at radius 3 is 2.75 bits per heavy atom. The third kappa shape index (κ3) is 4.52. The van der Waals surface area contributed by atoms with E-state index in [-0.39, 0.29) is 11.5 Å². The van der Waals surface area contributed by atoms with E-state index >= 15 is 0 Å². The Morgan fingerprint density at radius 1 is 1.45 bits per heavy atom. The predicted molar refractivity (Wildman–Crippen MR) is 82.4 cm³/mol. The van der Waals surface area contributed by atoms with Gasteiger partial charge in [-0.1, -0.05) is 20.8 Å². The topological polar surface area (TPSA) is 54.4 Å². The van der Waals surface area contributed by atoms with Gasteiger partial charge in [0.25, 0.3) is 0 Å². The smallest absolute Gasteiger partial charge is 0.0957 e. The van der Waals surface area contributed by atoms with E-state index in [1.165, 1.54) is 0 Å². The van der Waals surface area contributed by atoms with Crippen molar-refractivity contribution in [2.45, 2.75) is 57.6 Å². The summed E-state index contributed by atoms with van der Waals surface area (Å²) in [5.41, 5.74) is 0.428. The first-order valence-electron chi connectivity index (χ1n) is 7.25. The highest BCUT2D eigenvalue weighted by Crippen LogP contribution is 2.27. The van der Waals surface area contributed by atoms with Gasteiger partial charge < -0.3 is 15.2 Å². The molecule has 114 valence electrons. The van der Waals surface area contributed by atoms with Crippen LogP contribution in [0.15, 0.2) is 5.38 Å². The maximum atomic E-state index is 10.6. The van der Waals surface area contributed by atoms with E-state index in [0.29, 0.717) is 19.4 Å². The summed E-state index contributed by atoms with van der Waals surface area (Å²) in [4.78, 5) is 4.67. The molecule has 1 aliphatic heterocycles. The van der Waals surface area contributed by atoms with E-state index in [1.54, 1.807) is 11.3 Å². The second-order valence-corrected chi connectivity index (χ2v) is 7.92. The number of morpholine rings is 1.